The highest BCUT2D eigenvalue weighted by molar-refractivity contribution is 8.00. The van der Waals surface area contributed by atoms with Crippen LogP contribution in [0.25, 0.3) is 0 Å². The van der Waals surface area contributed by atoms with Crippen molar-refractivity contribution in [1.29, 1.82) is 0 Å². The van der Waals surface area contributed by atoms with Gasteiger partial charge in [0.2, 0.25) is 5.91 Å². The number of nitrogens with zero attached hydrogens (tertiary/aromatic N) is 1. The van der Waals surface area contributed by atoms with Crippen LogP contribution < -0.4 is 0 Å². The Morgan fingerprint density at radius 2 is 2.09 bits per heavy atom. The summed E-state index contributed by atoms with van der Waals surface area (Å²) in [4.78, 5) is 14.6. The summed E-state index contributed by atoms with van der Waals surface area (Å²) in [5.74, 6) is 1.13. The fraction of sp³-hybridized carbons (Fsp3) is 0.611. The second-order valence-electron chi connectivity index (χ2n) is 6.33. The van der Waals surface area contributed by atoms with Gasteiger partial charge in [0, 0.05) is 22.1 Å². The summed E-state index contributed by atoms with van der Waals surface area (Å²) in [7, 11) is 0. The Hall–Kier alpha value is -0.710. The molecule has 1 heterocycles. The molecule has 0 bridgehead atoms. The van der Waals surface area contributed by atoms with E-state index in [0.717, 1.165) is 28.0 Å². The van der Waals surface area contributed by atoms with E-state index in [4.69, 9.17) is 16.3 Å². The van der Waals surface area contributed by atoms with Gasteiger partial charge in [-0.2, -0.15) is 11.8 Å². The van der Waals surface area contributed by atoms with Crippen LogP contribution in [-0.4, -0.2) is 41.1 Å². The Bertz CT molecular complexity index is 532. The smallest absolute Gasteiger partial charge is 0.249 e. The number of hydrogen-bond acceptors (Lipinski definition) is 3. The Balaban J connectivity index is 1.75. The van der Waals surface area contributed by atoms with Crippen molar-refractivity contribution in [2.75, 3.05) is 19.0 Å². The summed E-state index contributed by atoms with van der Waals surface area (Å²) in [5, 5.41) is 1.52. The minimum Gasteiger partial charge on any atom is -0.369 e. The molecule has 2 aliphatic rings. The molecular weight excluding hydrogens is 330 g/mol. The summed E-state index contributed by atoms with van der Waals surface area (Å²) < 4.78 is 5.53. The molecule has 1 saturated heterocycles. The predicted molar refractivity (Wildman–Crippen MR) is 96.0 cm³/mol. The van der Waals surface area contributed by atoms with E-state index in [1.807, 2.05) is 36.0 Å². The molecule has 1 saturated carbocycles. The normalized spacial score (nSPS) is 23.7. The minimum absolute atomic E-state index is 0.000423. The van der Waals surface area contributed by atoms with Crippen molar-refractivity contribution in [1.82, 2.24) is 4.90 Å². The van der Waals surface area contributed by atoms with Crippen LogP contribution in [-0.2, 0) is 9.53 Å². The monoisotopic (exact) mass is 353 g/mol. The Labute approximate surface area is 147 Å². The lowest BCUT2D eigenvalue weighted by Crippen LogP contribution is -2.50. The quantitative estimate of drug-likeness (QED) is 0.763. The number of ether oxygens (including phenoxy) is 1. The highest BCUT2D eigenvalue weighted by Crippen LogP contribution is 2.35. The van der Waals surface area contributed by atoms with Crippen molar-refractivity contribution >= 4 is 29.3 Å². The van der Waals surface area contributed by atoms with Crippen LogP contribution in [0.3, 0.4) is 0 Å². The molecule has 23 heavy (non-hydrogen) atoms. The van der Waals surface area contributed by atoms with Crippen LogP contribution in [0.4, 0.5) is 0 Å². The number of rotatable bonds is 6. The third kappa shape index (κ3) is 4.04. The van der Waals surface area contributed by atoms with Gasteiger partial charge < -0.3 is 9.64 Å². The lowest BCUT2D eigenvalue weighted by atomic mass is 10.00. The molecule has 2 atom stereocenters. The van der Waals surface area contributed by atoms with E-state index < -0.39 is 0 Å². The molecule has 0 radical (unpaired) electrons. The molecule has 3 nitrogen and oxygen atoms in total. The van der Waals surface area contributed by atoms with E-state index in [-0.39, 0.29) is 24.6 Å². The van der Waals surface area contributed by atoms with Gasteiger partial charge >= 0.3 is 0 Å². The Morgan fingerprint density at radius 3 is 2.70 bits per heavy atom. The summed E-state index contributed by atoms with van der Waals surface area (Å²) in [6.45, 7) is 2.94. The van der Waals surface area contributed by atoms with Crippen molar-refractivity contribution in [3.8, 4) is 0 Å². The zero-order valence-corrected chi connectivity index (χ0v) is 15.1. The second-order valence-corrected chi connectivity index (χ2v) is 8.10. The molecular formula is C18H24ClNO2S. The van der Waals surface area contributed by atoms with Gasteiger partial charge in [-0.05, 0) is 37.0 Å². The molecule has 1 aromatic carbocycles. The number of thioether (sulfide) groups is 1. The van der Waals surface area contributed by atoms with Crippen LogP contribution >= 0.6 is 23.4 Å². The van der Waals surface area contributed by atoms with Crippen molar-refractivity contribution < 1.29 is 9.53 Å². The molecule has 0 N–H and O–H groups in total. The van der Waals surface area contributed by atoms with Crippen molar-refractivity contribution in [2.24, 2.45) is 0 Å². The van der Waals surface area contributed by atoms with Gasteiger partial charge in [0.15, 0.2) is 0 Å². The number of halogens is 1. The van der Waals surface area contributed by atoms with Crippen LogP contribution in [0, 0.1) is 0 Å². The lowest BCUT2D eigenvalue weighted by Gasteiger charge is -2.41. The molecule has 1 amide bonds. The first-order valence-corrected chi connectivity index (χ1v) is 9.87. The van der Waals surface area contributed by atoms with E-state index in [9.17, 15) is 4.79 Å². The molecule has 126 valence electrons. The molecule has 0 aromatic heterocycles. The summed E-state index contributed by atoms with van der Waals surface area (Å²) in [6, 6.07) is 8.07. The third-order valence-electron chi connectivity index (χ3n) is 4.82. The number of amides is 1. The third-order valence-corrected chi connectivity index (χ3v) is 6.59. The molecule has 1 aliphatic carbocycles. The summed E-state index contributed by atoms with van der Waals surface area (Å²) in [5.41, 5.74) is 1.11. The first kappa shape index (κ1) is 17.1. The first-order valence-electron chi connectivity index (χ1n) is 8.45. The fourth-order valence-corrected chi connectivity index (χ4v) is 4.85. The van der Waals surface area contributed by atoms with Crippen LogP contribution in [0.2, 0.25) is 5.02 Å². The predicted octanol–water partition coefficient (Wildman–Crippen LogP) is 4.30. The second kappa shape index (κ2) is 7.91. The lowest BCUT2D eigenvalue weighted by molar-refractivity contribution is -0.151. The molecule has 0 spiro atoms. The van der Waals surface area contributed by atoms with E-state index in [0.29, 0.717) is 6.61 Å². The number of carbonyl (C=O) groups is 1. The Morgan fingerprint density at radius 1 is 1.35 bits per heavy atom. The van der Waals surface area contributed by atoms with E-state index >= 15 is 0 Å². The van der Waals surface area contributed by atoms with Gasteiger partial charge in [0.1, 0.15) is 6.61 Å². The van der Waals surface area contributed by atoms with Crippen LogP contribution in [0.5, 0.6) is 0 Å². The maximum Gasteiger partial charge on any atom is 0.249 e. The van der Waals surface area contributed by atoms with Crippen molar-refractivity contribution in [2.45, 2.75) is 49.9 Å². The number of benzene rings is 1. The highest BCUT2D eigenvalue weighted by atomic mass is 35.5. The van der Waals surface area contributed by atoms with Gasteiger partial charge in [0.05, 0.1) is 12.6 Å². The fourth-order valence-electron chi connectivity index (χ4n) is 3.17. The van der Waals surface area contributed by atoms with Crippen LogP contribution in [0.1, 0.15) is 44.2 Å². The first-order chi connectivity index (χ1) is 11.2. The Kier molecular flexibility index (Phi) is 5.89. The SMILES string of the molecule is CC[C@@H](CSC1CCC1)N1C(=O)COC[C@H]1c1ccc(Cl)cc1. The van der Waals surface area contributed by atoms with Gasteiger partial charge in [-0.3, -0.25) is 4.79 Å². The largest absolute Gasteiger partial charge is 0.369 e. The zero-order valence-electron chi connectivity index (χ0n) is 13.5. The molecule has 5 heteroatoms. The van der Waals surface area contributed by atoms with Crippen molar-refractivity contribution in [3.63, 3.8) is 0 Å². The average molecular weight is 354 g/mol. The maximum atomic E-state index is 12.5. The molecule has 1 aromatic rings. The van der Waals surface area contributed by atoms with Gasteiger partial charge in [-0.15, -0.1) is 0 Å². The van der Waals surface area contributed by atoms with Gasteiger partial charge in [-0.1, -0.05) is 37.1 Å². The van der Waals surface area contributed by atoms with Gasteiger partial charge in [0.25, 0.3) is 0 Å². The van der Waals surface area contributed by atoms with E-state index in [2.05, 4.69) is 11.8 Å². The topological polar surface area (TPSA) is 29.5 Å². The number of morpholine rings is 1. The molecule has 3 rings (SSSR count). The van der Waals surface area contributed by atoms with E-state index in [1.165, 1.54) is 19.3 Å². The van der Waals surface area contributed by atoms with Crippen LogP contribution in [0.15, 0.2) is 24.3 Å². The molecule has 2 fully saturated rings. The highest BCUT2D eigenvalue weighted by Gasteiger charge is 2.35. The molecule has 0 unspecified atom stereocenters. The summed E-state index contributed by atoms with van der Waals surface area (Å²) in [6.07, 6.45) is 5.01. The van der Waals surface area contributed by atoms with Gasteiger partial charge in [-0.25, -0.2) is 0 Å². The number of hydrogen-bond donors (Lipinski definition) is 0. The number of carbonyl (C=O) groups excluding carboxylic acids is 1. The zero-order chi connectivity index (χ0) is 16.2. The minimum atomic E-state index is 0.000423. The maximum absolute atomic E-state index is 12.5. The van der Waals surface area contributed by atoms with Crippen molar-refractivity contribution in [3.05, 3.63) is 34.9 Å². The molecule has 1 aliphatic heterocycles. The average Bonchev–Trinajstić information content (AvgIpc) is 2.51. The summed E-state index contributed by atoms with van der Waals surface area (Å²) >= 11 is 8.03. The standard InChI is InChI=1S/C18H24ClNO2S/c1-2-15(12-23-16-4-3-5-16)20-17(10-22-11-18(20)21)13-6-8-14(19)9-7-13/h6-9,15-17H,2-5,10-12H2,1H3/t15-,17-/m0/s1. The van der Waals surface area contributed by atoms with E-state index in [1.54, 1.807) is 0 Å².